The summed E-state index contributed by atoms with van der Waals surface area (Å²) in [6.07, 6.45) is -0.184. The number of aliphatic carboxylic acids is 2. The number of carbonyl (C=O) groups is 3. The van der Waals surface area contributed by atoms with Crippen molar-refractivity contribution in [3.8, 4) is 11.5 Å². The van der Waals surface area contributed by atoms with Crippen LogP contribution in [0, 0.1) is 0 Å². The molecule has 0 saturated carbocycles. The van der Waals surface area contributed by atoms with E-state index >= 15 is 0 Å². The SMILES string of the molecule is NCCC(=O)N[C@@H](Cc1cc(O)c(O)c(SC[C@@H](N)C(=O)O)c1)C(=O)O. The highest BCUT2D eigenvalue weighted by molar-refractivity contribution is 7.99. The second kappa shape index (κ2) is 9.85. The van der Waals surface area contributed by atoms with Crippen LogP contribution in [0.2, 0.25) is 0 Å². The van der Waals surface area contributed by atoms with Crippen LogP contribution in [-0.4, -0.2) is 62.7 Å². The van der Waals surface area contributed by atoms with E-state index in [0.29, 0.717) is 5.56 Å². The van der Waals surface area contributed by atoms with Gasteiger partial charge in [0.15, 0.2) is 11.5 Å². The van der Waals surface area contributed by atoms with Crippen LogP contribution in [0.25, 0.3) is 0 Å². The second-order valence-electron chi connectivity index (χ2n) is 5.42. The molecule has 0 saturated heterocycles. The highest BCUT2D eigenvalue weighted by Gasteiger charge is 2.22. The van der Waals surface area contributed by atoms with Gasteiger partial charge in [-0.1, -0.05) is 0 Å². The molecule has 1 amide bonds. The molecule has 0 spiro atoms. The third kappa shape index (κ3) is 6.43. The molecular weight excluding hydrogens is 366 g/mol. The summed E-state index contributed by atoms with van der Waals surface area (Å²) in [5, 5.41) is 40.0. The highest BCUT2D eigenvalue weighted by atomic mass is 32.2. The van der Waals surface area contributed by atoms with E-state index in [1.54, 1.807) is 0 Å². The average molecular weight is 387 g/mol. The van der Waals surface area contributed by atoms with Crippen molar-refractivity contribution >= 4 is 29.6 Å². The molecule has 0 heterocycles. The fourth-order valence-corrected chi connectivity index (χ4v) is 2.94. The molecule has 0 aliphatic carbocycles. The Morgan fingerprint density at radius 1 is 1.15 bits per heavy atom. The van der Waals surface area contributed by atoms with E-state index in [1.807, 2.05) is 0 Å². The van der Waals surface area contributed by atoms with Gasteiger partial charge in [-0.05, 0) is 17.7 Å². The van der Waals surface area contributed by atoms with Crippen molar-refractivity contribution < 1.29 is 34.8 Å². The van der Waals surface area contributed by atoms with Crippen molar-refractivity contribution in [1.29, 1.82) is 0 Å². The molecule has 1 aromatic rings. The van der Waals surface area contributed by atoms with Crippen LogP contribution in [0.15, 0.2) is 17.0 Å². The number of carbonyl (C=O) groups excluding carboxylic acids is 1. The Balaban J connectivity index is 2.95. The average Bonchev–Trinajstić information content (AvgIpc) is 2.55. The Kier molecular flexibility index (Phi) is 8.16. The molecule has 0 aliphatic rings. The Labute approximate surface area is 153 Å². The molecule has 1 aromatic carbocycles. The first-order valence-corrected chi connectivity index (χ1v) is 8.52. The first kappa shape index (κ1) is 21.5. The first-order chi connectivity index (χ1) is 12.1. The van der Waals surface area contributed by atoms with Crippen molar-refractivity contribution in [3.63, 3.8) is 0 Å². The predicted octanol–water partition coefficient (Wildman–Crippen LogP) is -0.937. The minimum absolute atomic E-state index is 0.0290. The van der Waals surface area contributed by atoms with Gasteiger partial charge in [-0.3, -0.25) is 9.59 Å². The molecule has 9 N–H and O–H groups in total. The van der Waals surface area contributed by atoms with Gasteiger partial charge in [0.1, 0.15) is 12.1 Å². The summed E-state index contributed by atoms with van der Waals surface area (Å²) in [6, 6.07) is 0.144. The molecule has 11 heteroatoms. The molecule has 0 aliphatic heterocycles. The second-order valence-corrected chi connectivity index (χ2v) is 6.48. The number of rotatable bonds is 10. The maximum absolute atomic E-state index is 11.6. The largest absolute Gasteiger partial charge is 0.504 e. The number of amides is 1. The van der Waals surface area contributed by atoms with Gasteiger partial charge in [-0.2, -0.15) is 0 Å². The van der Waals surface area contributed by atoms with Gasteiger partial charge >= 0.3 is 11.9 Å². The molecule has 0 aromatic heterocycles. The normalized spacial score (nSPS) is 13.0. The van der Waals surface area contributed by atoms with E-state index < -0.39 is 41.4 Å². The third-order valence-electron chi connectivity index (χ3n) is 3.29. The zero-order valence-corrected chi connectivity index (χ0v) is 14.5. The summed E-state index contributed by atoms with van der Waals surface area (Å²) in [4.78, 5) is 33.8. The van der Waals surface area contributed by atoms with Gasteiger partial charge in [0, 0.05) is 25.1 Å². The van der Waals surface area contributed by atoms with Gasteiger partial charge in [0.2, 0.25) is 5.91 Å². The molecule has 0 radical (unpaired) electrons. The molecule has 2 atom stereocenters. The third-order valence-corrected chi connectivity index (χ3v) is 4.44. The van der Waals surface area contributed by atoms with E-state index in [1.165, 1.54) is 12.1 Å². The standard InChI is InChI=1S/C15H21N3O7S/c16-2-1-12(20)18-9(15(24)25)3-7-4-10(19)13(21)11(5-7)26-6-8(17)14(22)23/h4-5,8-9,19,21H,1-3,6,16-17H2,(H,18,20)(H,22,23)(H,24,25)/t8-,9+/m1/s1. The number of thioether (sulfide) groups is 1. The van der Waals surface area contributed by atoms with Crippen molar-refractivity contribution in [3.05, 3.63) is 17.7 Å². The molecule has 0 fully saturated rings. The topological polar surface area (TPSA) is 196 Å². The summed E-state index contributed by atoms with van der Waals surface area (Å²) < 4.78 is 0. The Morgan fingerprint density at radius 2 is 1.81 bits per heavy atom. The zero-order chi connectivity index (χ0) is 19.9. The molecule has 0 unspecified atom stereocenters. The van der Waals surface area contributed by atoms with Crippen LogP contribution in [0.4, 0.5) is 0 Å². The number of benzene rings is 1. The number of aromatic hydroxyl groups is 2. The Morgan fingerprint density at radius 3 is 2.35 bits per heavy atom. The van der Waals surface area contributed by atoms with Gasteiger partial charge in [-0.25, -0.2) is 4.79 Å². The number of phenols is 2. The quantitative estimate of drug-likeness (QED) is 0.194. The minimum atomic E-state index is -1.27. The van der Waals surface area contributed by atoms with E-state index in [2.05, 4.69) is 5.32 Å². The fourth-order valence-electron chi connectivity index (χ4n) is 1.96. The summed E-state index contributed by atoms with van der Waals surface area (Å²) in [5.74, 6) is -4.04. The number of nitrogens with one attached hydrogen (secondary N) is 1. The van der Waals surface area contributed by atoms with Crippen LogP contribution in [0.3, 0.4) is 0 Å². The van der Waals surface area contributed by atoms with Crippen molar-refractivity contribution in [2.24, 2.45) is 11.5 Å². The number of carboxylic acid groups (broad SMARTS) is 2. The van der Waals surface area contributed by atoms with Gasteiger partial charge < -0.3 is 37.2 Å². The predicted molar refractivity (Wildman–Crippen MR) is 93.0 cm³/mol. The molecule has 0 bridgehead atoms. The summed E-state index contributed by atoms with van der Waals surface area (Å²) in [5.41, 5.74) is 11.0. The molecule has 1 rings (SSSR count). The molecular formula is C15H21N3O7S. The van der Waals surface area contributed by atoms with E-state index in [-0.39, 0.29) is 30.0 Å². The lowest BCUT2D eigenvalue weighted by Gasteiger charge is -2.16. The van der Waals surface area contributed by atoms with E-state index in [9.17, 15) is 29.7 Å². The van der Waals surface area contributed by atoms with Gasteiger partial charge in [-0.15, -0.1) is 11.8 Å². The number of carboxylic acids is 2. The summed E-state index contributed by atoms with van der Waals surface area (Å²) in [6.45, 7) is 0.0722. The highest BCUT2D eigenvalue weighted by Crippen LogP contribution is 2.37. The Hall–Kier alpha value is -2.50. The smallest absolute Gasteiger partial charge is 0.326 e. The van der Waals surface area contributed by atoms with E-state index in [4.69, 9.17) is 16.6 Å². The molecule has 10 nitrogen and oxygen atoms in total. The maximum atomic E-state index is 11.6. The Bertz CT molecular complexity index is 683. The lowest BCUT2D eigenvalue weighted by Crippen LogP contribution is -2.42. The fraction of sp³-hybridized carbons (Fsp3) is 0.400. The van der Waals surface area contributed by atoms with Crippen molar-refractivity contribution in [2.75, 3.05) is 12.3 Å². The summed E-state index contributed by atoms with van der Waals surface area (Å²) >= 11 is 0.902. The van der Waals surface area contributed by atoms with Crippen LogP contribution in [0.1, 0.15) is 12.0 Å². The maximum Gasteiger partial charge on any atom is 0.326 e. The van der Waals surface area contributed by atoms with Crippen molar-refractivity contribution in [2.45, 2.75) is 29.8 Å². The van der Waals surface area contributed by atoms with E-state index in [0.717, 1.165) is 11.8 Å². The monoisotopic (exact) mass is 387 g/mol. The molecule has 26 heavy (non-hydrogen) atoms. The van der Waals surface area contributed by atoms with Crippen LogP contribution in [0.5, 0.6) is 11.5 Å². The number of nitrogens with two attached hydrogens (primary N) is 2. The minimum Gasteiger partial charge on any atom is -0.504 e. The van der Waals surface area contributed by atoms with Gasteiger partial charge in [0.25, 0.3) is 0 Å². The van der Waals surface area contributed by atoms with Crippen LogP contribution < -0.4 is 16.8 Å². The van der Waals surface area contributed by atoms with Crippen molar-refractivity contribution in [1.82, 2.24) is 5.32 Å². The first-order valence-electron chi connectivity index (χ1n) is 7.54. The molecule has 144 valence electrons. The number of hydrogen-bond donors (Lipinski definition) is 7. The van der Waals surface area contributed by atoms with Crippen LogP contribution in [-0.2, 0) is 20.8 Å². The van der Waals surface area contributed by atoms with Crippen LogP contribution >= 0.6 is 11.8 Å². The van der Waals surface area contributed by atoms with Gasteiger partial charge in [0.05, 0.1) is 4.90 Å². The number of phenolic OH excluding ortho intramolecular Hbond substituents is 2. The number of hydrogen-bond acceptors (Lipinski definition) is 8. The lowest BCUT2D eigenvalue weighted by molar-refractivity contribution is -0.141. The lowest BCUT2D eigenvalue weighted by atomic mass is 10.0. The summed E-state index contributed by atoms with van der Waals surface area (Å²) in [7, 11) is 0. The zero-order valence-electron chi connectivity index (χ0n) is 13.7.